The lowest BCUT2D eigenvalue weighted by molar-refractivity contribution is -0.139. The van der Waals surface area contributed by atoms with E-state index in [0.29, 0.717) is 34.2 Å². The highest BCUT2D eigenvalue weighted by atomic mass is 32.1. The fraction of sp³-hybridized carbons (Fsp3) is 0.222. The molecule has 1 aromatic heterocycles. The number of nitrogens with one attached hydrogen (secondary N) is 2. The number of anilines is 2. The molecule has 4 rings (SSSR count). The Morgan fingerprint density at radius 3 is 2.32 bits per heavy atom. The van der Waals surface area contributed by atoms with Gasteiger partial charge in [0.05, 0.1) is 21.5 Å². The van der Waals surface area contributed by atoms with Crippen LogP contribution in [0.15, 0.2) is 60.7 Å². The summed E-state index contributed by atoms with van der Waals surface area (Å²) in [4.78, 5) is 27.9. The van der Waals surface area contributed by atoms with E-state index in [1.165, 1.54) is 30.3 Å². The van der Waals surface area contributed by atoms with Crippen molar-refractivity contribution < 1.29 is 32.3 Å². The Labute approximate surface area is 220 Å². The summed E-state index contributed by atoms with van der Waals surface area (Å²) in [6, 6.07) is 13.0. The second-order valence-electron chi connectivity index (χ2n) is 8.25. The lowest BCUT2D eigenvalue weighted by atomic mass is 10.0. The number of alkyl halides is 3. The zero-order valence-corrected chi connectivity index (χ0v) is 20.2. The summed E-state index contributed by atoms with van der Waals surface area (Å²) in [7, 11) is 0. The number of carbonyl (C=O) groups excluding carboxylic acids is 1. The van der Waals surface area contributed by atoms with Crippen LogP contribution in [0.4, 0.5) is 28.4 Å². The fourth-order valence-electron chi connectivity index (χ4n) is 3.67. The van der Waals surface area contributed by atoms with Crippen LogP contribution in [0.1, 0.15) is 43.1 Å². The molecule has 0 radical (unpaired) electrons. The summed E-state index contributed by atoms with van der Waals surface area (Å²) < 4.78 is 54.0. The van der Waals surface area contributed by atoms with Crippen molar-refractivity contribution in [1.82, 2.24) is 10.3 Å². The van der Waals surface area contributed by atoms with Gasteiger partial charge in [-0.05, 0) is 60.0 Å². The molecule has 3 N–H and O–H groups in total. The number of halogens is 4. The van der Waals surface area contributed by atoms with E-state index < -0.39 is 35.5 Å². The number of fused-ring (bicyclic) bond motifs is 1. The van der Waals surface area contributed by atoms with Crippen LogP contribution in [0.5, 0.6) is 0 Å². The van der Waals surface area contributed by atoms with Crippen molar-refractivity contribution in [3.8, 4) is 11.1 Å². The molecule has 1 heterocycles. The highest BCUT2D eigenvalue weighted by Crippen LogP contribution is 2.35. The first-order valence-electron chi connectivity index (χ1n) is 11.2. The summed E-state index contributed by atoms with van der Waals surface area (Å²) in [5.74, 6) is -2.22. The number of nitrogens with zero attached hydrogens (tertiary/aromatic N) is 1. The van der Waals surface area contributed by atoms with Crippen molar-refractivity contribution in [2.45, 2.75) is 39.4 Å². The van der Waals surface area contributed by atoms with Gasteiger partial charge < -0.3 is 15.7 Å². The highest BCUT2D eigenvalue weighted by Gasteiger charge is 2.30. The molecule has 0 aliphatic rings. The lowest BCUT2D eigenvalue weighted by Gasteiger charge is -2.13. The number of amides is 1. The van der Waals surface area contributed by atoms with E-state index in [9.17, 15) is 32.3 Å². The number of carboxylic acids is 1. The summed E-state index contributed by atoms with van der Waals surface area (Å²) >= 11 is 0.981. The number of benzene rings is 3. The van der Waals surface area contributed by atoms with Gasteiger partial charge in [-0.2, -0.15) is 13.2 Å². The predicted octanol–water partition coefficient (Wildman–Crippen LogP) is 7.48. The number of hydrogen-bond acceptors (Lipinski definition) is 5. The maximum atomic E-state index is 14.8. The molecule has 200 valence electrons. The van der Waals surface area contributed by atoms with Gasteiger partial charge in [0.25, 0.3) is 5.91 Å². The van der Waals surface area contributed by atoms with Gasteiger partial charge in [-0.1, -0.05) is 50.3 Å². The second kappa shape index (κ2) is 11.6. The van der Waals surface area contributed by atoms with Gasteiger partial charge >= 0.3 is 12.1 Å². The topological polar surface area (TPSA) is 91.3 Å². The summed E-state index contributed by atoms with van der Waals surface area (Å²) in [5, 5.41) is 14.8. The molecule has 0 spiro atoms. The Hall–Kier alpha value is -3.99. The third-order valence-electron chi connectivity index (χ3n) is 5.59. The van der Waals surface area contributed by atoms with Gasteiger partial charge in [0.15, 0.2) is 5.13 Å². The molecule has 0 saturated heterocycles. The van der Waals surface area contributed by atoms with Crippen LogP contribution in [-0.4, -0.2) is 28.0 Å². The van der Waals surface area contributed by atoms with Crippen LogP contribution in [-0.2, 0) is 11.0 Å². The van der Waals surface area contributed by atoms with Crippen LogP contribution in [0.2, 0.25) is 0 Å². The van der Waals surface area contributed by atoms with Crippen molar-refractivity contribution >= 4 is 44.2 Å². The van der Waals surface area contributed by atoms with Gasteiger partial charge in [-0.15, -0.1) is 0 Å². The summed E-state index contributed by atoms with van der Waals surface area (Å²) in [6.07, 6.45) is -3.55. The minimum Gasteiger partial charge on any atom is -0.480 e. The first-order chi connectivity index (χ1) is 17.5. The number of thiazole rings is 1. The molecule has 3 aromatic carbocycles. The number of rotatable bonds is 8. The zero-order valence-electron chi connectivity index (χ0n) is 19.4. The number of carbonyl (C=O) groups is 2. The maximum Gasteiger partial charge on any atom is 0.416 e. The smallest absolute Gasteiger partial charge is 0.416 e. The normalized spacial score (nSPS) is 12.0. The first kappa shape index (κ1) is 28.6. The highest BCUT2D eigenvalue weighted by molar-refractivity contribution is 7.22. The quantitative estimate of drug-likeness (QED) is 0.199. The Bertz CT molecular complexity index is 1450. The first-order valence-corrected chi connectivity index (χ1v) is 12.0. The Morgan fingerprint density at radius 1 is 1.03 bits per heavy atom. The number of hydrogen-bond donors (Lipinski definition) is 3. The Morgan fingerprint density at radius 2 is 1.71 bits per heavy atom. The monoisotopic (exact) mass is 547 g/mol. The van der Waals surface area contributed by atoms with Crippen molar-refractivity contribution in [1.29, 1.82) is 0 Å². The van der Waals surface area contributed by atoms with Gasteiger partial charge in [0.2, 0.25) is 0 Å². The molecule has 11 heteroatoms. The van der Waals surface area contributed by atoms with Gasteiger partial charge in [0, 0.05) is 5.56 Å². The van der Waals surface area contributed by atoms with E-state index >= 15 is 0 Å². The molecular formula is C27H25F4N3O3S. The van der Waals surface area contributed by atoms with Gasteiger partial charge in [-0.25, -0.2) is 14.2 Å². The van der Waals surface area contributed by atoms with Crippen LogP contribution >= 0.6 is 11.3 Å². The molecule has 38 heavy (non-hydrogen) atoms. The molecule has 1 atom stereocenters. The van der Waals surface area contributed by atoms with Crippen molar-refractivity contribution in [2.24, 2.45) is 0 Å². The van der Waals surface area contributed by atoms with Gasteiger partial charge in [0.1, 0.15) is 11.9 Å². The van der Waals surface area contributed by atoms with Crippen LogP contribution in [0.3, 0.4) is 0 Å². The van der Waals surface area contributed by atoms with Crippen molar-refractivity contribution in [3.63, 3.8) is 0 Å². The van der Waals surface area contributed by atoms with Gasteiger partial charge in [-0.3, -0.25) is 4.79 Å². The molecular weight excluding hydrogens is 522 g/mol. The van der Waals surface area contributed by atoms with E-state index in [1.54, 1.807) is 18.2 Å². The average molecular weight is 548 g/mol. The van der Waals surface area contributed by atoms with Crippen molar-refractivity contribution in [3.05, 3.63) is 77.6 Å². The third kappa shape index (κ3) is 6.46. The minimum atomic E-state index is -4.47. The molecule has 0 unspecified atom stereocenters. The molecule has 1 amide bonds. The average Bonchev–Trinajstić information content (AvgIpc) is 3.26. The van der Waals surface area contributed by atoms with E-state index in [-0.39, 0.29) is 23.8 Å². The number of carboxylic acid groups (broad SMARTS) is 1. The Balaban J connectivity index is 0.00000400. The van der Waals surface area contributed by atoms with Crippen LogP contribution in [0, 0.1) is 5.82 Å². The van der Waals surface area contributed by atoms with E-state index in [1.807, 2.05) is 6.92 Å². The molecule has 0 aliphatic carbocycles. The molecule has 0 fully saturated rings. The summed E-state index contributed by atoms with van der Waals surface area (Å²) in [5.41, 5.74) is 1.12. The SMILES string of the molecule is C.CCC[C@H](NC(=O)c1ccc(-c2ccc(Nc3nc4ccc(C(F)(F)F)cc4s3)c(F)c2)cc1)C(=O)O. The van der Waals surface area contributed by atoms with E-state index in [2.05, 4.69) is 15.6 Å². The molecule has 6 nitrogen and oxygen atoms in total. The summed E-state index contributed by atoms with van der Waals surface area (Å²) in [6.45, 7) is 1.82. The third-order valence-corrected chi connectivity index (χ3v) is 6.52. The predicted molar refractivity (Wildman–Crippen MR) is 140 cm³/mol. The molecule has 0 aliphatic heterocycles. The van der Waals surface area contributed by atoms with Crippen LogP contribution in [0.25, 0.3) is 21.3 Å². The number of aromatic nitrogens is 1. The Kier molecular flexibility index (Phi) is 8.72. The molecule has 4 aromatic rings. The fourth-order valence-corrected chi connectivity index (χ4v) is 4.58. The zero-order chi connectivity index (χ0) is 26.7. The van der Waals surface area contributed by atoms with Crippen molar-refractivity contribution in [2.75, 3.05) is 5.32 Å². The second-order valence-corrected chi connectivity index (χ2v) is 9.28. The molecule has 0 saturated carbocycles. The van der Waals surface area contributed by atoms with E-state index in [4.69, 9.17) is 0 Å². The van der Waals surface area contributed by atoms with E-state index in [0.717, 1.165) is 23.5 Å². The molecule has 0 bridgehead atoms. The maximum absolute atomic E-state index is 14.8. The standard InChI is InChI=1S/C26H21F4N3O3S.CH4/c1-2-3-21(24(35)36)31-23(34)15-6-4-14(5-7-15)16-8-10-19(18(27)12-16)32-25-33-20-11-9-17(26(28,29)30)13-22(20)37-25;/h4-13,21H,2-3H2,1H3,(H,31,34)(H,32,33)(H,35,36);1H4/t21-;/m0./s1. The van der Waals surface area contributed by atoms with Crippen LogP contribution < -0.4 is 10.6 Å². The number of aliphatic carboxylic acids is 1. The largest absolute Gasteiger partial charge is 0.480 e. The lowest BCUT2D eigenvalue weighted by Crippen LogP contribution is -2.40. The minimum absolute atomic E-state index is 0.